The van der Waals surface area contributed by atoms with Crippen LogP contribution in [0.15, 0.2) is 48.5 Å². The first-order valence-corrected chi connectivity index (χ1v) is 10.5. The van der Waals surface area contributed by atoms with Crippen LogP contribution in [0.25, 0.3) is 11.1 Å². The third kappa shape index (κ3) is 5.27. The number of hydrogen-bond acceptors (Lipinski definition) is 4. The van der Waals surface area contributed by atoms with Crippen molar-refractivity contribution >= 4 is 18.0 Å². The van der Waals surface area contributed by atoms with Gasteiger partial charge in [-0.15, -0.1) is 6.42 Å². The molecule has 32 heavy (non-hydrogen) atoms. The second-order valence-electron chi connectivity index (χ2n) is 7.59. The van der Waals surface area contributed by atoms with Crippen LogP contribution >= 0.6 is 0 Å². The first-order valence-electron chi connectivity index (χ1n) is 10.5. The summed E-state index contributed by atoms with van der Waals surface area (Å²) in [5.41, 5.74) is 4.36. The Morgan fingerprint density at radius 3 is 2.19 bits per heavy atom. The van der Waals surface area contributed by atoms with Gasteiger partial charge in [-0.2, -0.15) is 0 Å². The van der Waals surface area contributed by atoms with Crippen LogP contribution in [0.1, 0.15) is 43.2 Å². The average molecular weight is 434 g/mol. The number of hydrogen-bond donors (Lipinski definition) is 3. The molecule has 0 radical (unpaired) electrons. The maximum absolute atomic E-state index is 12.5. The Hall–Kier alpha value is -3.79. The van der Waals surface area contributed by atoms with Gasteiger partial charge in [-0.3, -0.25) is 9.59 Å². The number of terminal acetylenes is 1. The van der Waals surface area contributed by atoms with E-state index in [0.29, 0.717) is 6.42 Å². The van der Waals surface area contributed by atoms with Crippen LogP contribution < -0.4 is 10.6 Å². The Kier molecular flexibility index (Phi) is 7.50. The lowest BCUT2D eigenvalue weighted by atomic mass is 9.98. The van der Waals surface area contributed by atoms with Crippen molar-refractivity contribution in [1.82, 2.24) is 10.6 Å². The highest BCUT2D eigenvalue weighted by molar-refractivity contribution is 5.86. The SMILES string of the molecule is C#CC(CC)NC(=O)C(CCC(=O)O)NC(=O)OCC1c2ccccc2-c2ccccc21. The number of alkyl carbamates (subject to hydrolysis) is 1. The number of ether oxygens (including phenoxy) is 1. The second-order valence-corrected chi connectivity index (χ2v) is 7.59. The van der Waals surface area contributed by atoms with Gasteiger partial charge in [0.1, 0.15) is 12.6 Å². The van der Waals surface area contributed by atoms with Crippen molar-refractivity contribution in [2.24, 2.45) is 0 Å². The van der Waals surface area contributed by atoms with Gasteiger partial charge >= 0.3 is 12.1 Å². The number of amides is 2. The summed E-state index contributed by atoms with van der Waals surface area (Å²) in [7, 11) is 0. The molecule has 0 heterocycles. The van der Waals surface area contributed by atoms with Gasteiger partial charge in [0.15, 0.2) is 0 Å². The number of benzene rings is 2. The Morgan fingerprint density at radius 2 is 1.66 bits per heavy atom. The van der Waals surface area contributed by atoms with Gasteiger partial charge in [0.25, 0.3) is 0 Å². The van der Waals surface area contributed by atoms with Gasteiger partial charge in [0, 0.05) is 12.3 Å². The van der Waals surface area contributed by atoms with E-state index in [-0.39, 0.29) is 25.4 Å². The maximum Gasteiger partial charge on any atom is 0.407 e. The Morgan fingerprint density at radius 1 is 1.06 bits per heavy atom. The van der Waals surface area contributed by atoms with Crippen molar-refractivity contribution in [3.05, 3.63) is 59.7 Å². The molecule has 0 saturated carbocycles. The van der Waals surface area contributed by atoms with Crippen molar-refractivity contribution in [3.63, 3.8) is 0 Å². The highest BCUT2D eigenvalue weighted by Gasteiger charge is 2.30. The molecule has 0 aromatic heterocycles. The van der Waals surface area contributed by atoms with E-state index < -0.39 is 30.1 Å². The Balaban J connectivity index is 1.67. The quantitative estimate of drug-likeness (QED) is 0.526. The summed E-state index contributed by atoms with van der Waals surface area (Å²) in [5, 5.41) is 14.1. The van der Waals surface area contributed by atoms with E-state index in [4.69, 9.17) is 16.3 Å². The van der Waals surface area contributed by atoms with Crippen LogP contribution in [0, 0.1) is 12.3 Å². The normalized spacial score (nSPS) is 13.8. The minimum atomic E-state index is -1.07. The lowest BCUT2D eigenvalue weighted by Gasteiger charge is -2.21. The minimum Gasteiger partial charge on any atom is -0.481 e. The highest BCUT2D eigenvalue weighted by Crippen LogP contribution is 2.44. The van der Waals surface area contributed by atoms with E-state index in [0.717, 1.165) is 22.3 Å². The summed E-state index contributed by atoms with van der Waals surface area (Å²) in [6.07, 6.45) is 4.75. The topological polar surface area (TPSA) is 105 Å². The molecule has 7 heteroatoms. The molecule has 0 aliphatic heterocycles. The van der Waals surface area contributed by atoms with Gasteiger partial charge in [0.05, 0.1) is 6.04 Å². The second kappa shape index (κ2) is 10.5. The third-order valence-corrected chi connectivity index (χ3v) is 5.53. The molecule has 0 spiro atoms. The van der Waals surface area contributed by atoms with E-state index in [9.17, 15) is 14.4 Å². The lowest BCUT2D eigenvalue weighted by molar-refractivity contribution is -0.137. The molecule has 0 saturated heterocycles. The van der Waals surface area contributed by atoms with Gasteiger partial charge in [-0.05, 0) is 35.1 Å². The molecule has 2 aromatic carbocycles. The first kappa shape index (κ1) is 22.9. The summed E-state index contributed by atoms with van der Waals surface area (Å²) in [4.78, 5) is 36.0. The summed E-state index contributed by atoms with van der Waals surface area (Å²) in [5.74, 6) is 0.719. The number of carboxylic acids is 1. The highest BCUT2D eigenvalue weighted by atomic mass is 16.5. The Bertz CT molecular complexity index is 997. The summed E-state index contributed by atoms with van der Waals surface area (Å²) < 4.78 is 5.47. The van der Waals surface area contributed by atoms with Crippen LogP contribution in [0.4, 0.5) is 4.79 Å². The zero-order chi connectivity index (χ0) is 23.1. The predicted octanol–water partition coefficient (Wildman–Crippen LogP) is 3.29. The maximum atomic E-state index is 12.5. The Labute approximate surface area is 187 Å². The van der Waals surface area contributed by atoms with Crippen molar-refractivity contribution in [3.8, 4) is 23.5 Å². The monoisotopic (exact) mass is 434 g/mol. The lowest BCUT2D eigenvalue weighted by Crippen LogP contribution is -2.49. The van der Waals surface area contributed by atoms with Crippen LogP contribution in [-0.2, 0) is 14.3 Å². The van der Waals surface area contributed by atoms with Crippen molar-refractivity contribution in [1.29, 1.82) is 0 Å². The fourth-order valence-electron chi connectivity index (χ4n) is 3.85. The van der Waals surface area contributed by atoms with Crippen LogP contribution in [0.5, 0.6) is 0 Å². The van der Waals surface area contributed by atoms with Crippen molar-refractivity contribution in [2.75, 3.05) is 6.61 Å². The van der Waals surface area contributed by atoms with Crippen molar-refractivity contribution < 1.29 is 24.2 Å². The van der Waals surface area contributed by atoms with E-state index in [1.165, 1.54) is 0 Å². The third-order valence-electron chi connectivity index (χ3n) is 5.53. The number of carbonyl (C=O) groups is 3. The fourth-order valence-corrected chi connectivity index (χ4v) is 3.85. The standard InChI is InChI=1S/C25H26N2O5/c1-3-16(4-2)26-24(30)22(13-14-23(28)29)27-25(31)32-15-21-19-11-7-5-9-17(19)18-10-6-8-12-20(18)21/h1,5-12,16,21-22H,4,13-15H2,2H3,(H,26,30)(H,27,31)(H,28,29). The molecule has 0 fully saturated rings. The molecule has 2 aromatic rings. The summed E-state index contributed by atoms with van der Waals surface area (Å²) >= 11 is 0. The largest absolute Gasteiger partial charge is 0.481 e. The van der Waals surface area contributed by atoms with E-state index in [1.54, 1.807) is 0 Å². The number of carbonyl (C=O) groups excluding carboxylic acids is 2. The number of carboxylic acid groups (broad SMARTS) is 1. The predicted molar refractivity (Wildman–Crippen MR) is 120 cm³/mol. The van der Waals surface area contributed by atoms with Gasteiger partial charge in [0.2, 0.25) is 5.91 Å². The molecular formula is C25H26N2O5. The van der Waals surface area contributed by atoms with Crippen LogP contribution in [-0.4, -0.2) is 41.8 Å². The number of rotatable bonds is 9. The number of aliphatic carboxylic acids is 1. The molecule has 2 amide bonds. The van der Waals surface area contributed by atoms with Crippen LogP contribution in [0.3, 0.4) is 0 Å². The van der Waals surface area contributed by atoms with Crippen LogP contribution in [0.2, 0.25) is 0 Å². The van der Waals surface area contributed by atoms with Gasteiger partial charge < -0.3 is 20.5 Å². The van der Waals surface area contributed by atoms with E-state index in [1.807, 2.05) is 55.5 Å². The molecule has 3 N–H and O–H groups in total. The molecule has 1 aliphatic rings. The zero-order valence-corrected chi connectivity index (χ0v) is 17.8. The molecule has 3 rings (SSSR count). The molecule has 2 unspecified atom stereocenters. The van der Waals surface area contributed by atoms with Gasteiger partial charge in [-0.25, -0.2) is 4.79 Å². The fraction of sp³-hybridized carbons (Fsp3) is 0.320. The molecule has 1 aliphatic carbocycles. The van der Waals surface area contributed by atoms with E-state index >= 15 is 0 Å². The molecular weight excluding hydrogens is 408 g/mol. The zero-order valence-electron chi connectivity index (χ0n) is 17.8. The number of fused-ring (bicyclic) bond motifs is 3. The van der Waals surface area contributed by atoms with Gasteiger partial charge in [-0.1, -0.05) is 61.4 Å². The number of nitrogens with one attached hydrogen (secondary N) is 2. The smallest absolute Gasteiger partial charge is 0.407 e. The molecule has 0 bridgehead atoms. The molecule has 2 atom stereocenters. The molecule has 7 nitrogen and oxygen atoms in total. The average Bonchev–Trinajstić information content (AvgIpc) is 3.12. The first-order chi connectivity index (χ1) is 15.4. The minimum absolute atomic E-state index is 0.0770. The molecule has 166 valence electrons. The van der Waals surface area contributed by atoms with E-state index in [2.05, 4.69) is 16.6 Å². The van der Waals surface area contributed by atoms with Crippen molar-refractivity contribution in [2.45, 2.75) is 44.2 Å². The summed E-state index contributed by atoms with van der Waals surface area (Å²) in [6.45, 7) is 1.91. The summed E-state index contributed by atoms with van der Waals surface area (Å²) in [6, 6.07) is 14.4.